The molecule has 4 nitrogen and oxygen atoms in total. The SMILES string of the molecule is O=C(NC[C@@H]1CCCN(Cc2cscn2)C1)c1cccc(C(F)(F)F)c1. The van der Waals surface area contributed by atoms with E-state index < -0.39 is 17.6 Å². The summed E-state index contributed by atoms with van der Waals surface area (Å²) in [5, 5.41) is 4.81. The van der Waals surface area contributed by atoms with Crippen molar-refractivity contribution in [2.24, 2.45) is 5.92 Å². The molecule has 0 saturated carbocycles. The molecule has 2 heterocycles. The Morgan fingerprint density at radius 3 is 2.96 bits per heavy atom. The molecule has 0 bridgehead atoms. The lowest BCUT2D eigenvalue weighted by Crippen LogP contribution is -2.40. The summed E-state index contributed by atoms with van der Waals surface area (Å²) >= 11 is 1.57. The van der Waals surface area contributed by atoms with Gasteiger partial charge in [0.25, 0.3) is 5.91 Å². The maximum atomic E-state index is 12.8. The fourth-order valence-electron chi connectivity index (χ4n) is 3.18. The first-order valence-corrected chi connectivity index (χ1v) is 9.41. The van der Waals surface area contributed by atoms with Gasteiger partial charge in [0.1, 0.15) is 0 Å². The zero-order chi connectivity index (χ0) is 18.6. The standard InChI is InChI=1S/C18H20F3N3OS/c19-18(20,21)15-5-1-4-14(7-15)17(25)22-8-13-3-2-6-24(9-13)10-16-11-26-12-23-16/h1,4-5,7,11-13H,2-3,6,8-10H2,(H,22,25)/t13-/m0/s1. The van der Waals surface area contributed by atoms with Gasteiger partial charge in [-0.25, -0.2) is 4.98 Å². The molecule has 8 heteroatoms. The number of hydrogen-bond donors (Lipinski definition) is 1. The Kier molecular flexibility index (Phi) is 5.93. The maximum absolute atomic E-state index is 12.8. The highest BCUT2D eigenvalue weighted by Gasteiger charge is 2.31. The van der Waals surface area contributed by atoms with Crippen LogP contribution in [0.15, 0.2) is 35.2 Å². The molecule has 1 N–H and O–H groups in total. The number of carbonyl (C=O) groups excluding carboxylic acids is 1. The molecule has 1 saturated heterocycles. The molecular weight excluding hydrogens is 363 g/mol. The van der Waals surface area contributed by atoms with E-state index in [9.17, 15) is 18.0 Å². The molecule has 0 aliphatic carbocycles. The Hall–Kier alpha value is -1.93. The Bertz CT molecular complexity index is 734. The quantitative estimate of drug-likeness (QED) is 0.854. The Morgan fingerprint density at radius 2 is 2.23 bits per heavy atom. The summed E-state index contributed by atoms with van der Waals surface area (Å²) in [6.07, 6.45) is -2.42. The van der Waals surface area contributed by atoms with Gasteiger partial charge in [-0.15, -0.1) is 11.3 Å². The Morgan fingerprint density at radius 1 is 1.38 bits per heavy atom. The third-order valence-electron chi connectivity index (χ3n) is 4.48. The third kappa shape index (κ3) is 5.04. The van der Waals surface area contributed by atoms with Gasteiger partial charge in [0.2, 0.25) is 0 Å². The largest absolute Gasteiger partial charge is 0.416 e. The second-order valence-electron chi connectivity index (χ2n) is 6.51. The first kappa shape index (κ1) is 18.8. The van der Waals surface area contributed by atoms with Crippen molar-refractivity contribution in [2.45, 2.75) is 25.6 Å². The molecule has 1 aromatic heterocycles. The number of carbonyl (C=O) groups is 1. The summed E-state index contributed by atoms with van der Waals surface area (Å²) in [7, 11) is 0. The zero-order valence-electron chi connectivity index (χ0n) is 14.1. The van der Waals surface area contributed by atoms with Gasteiger partial charge in [0, 0.05) is 30.6 Å². The summed E-state index contributed by atoms with van der Waals surface area (Å²) in [4.78, 5) is 18.8. The normalized spacial score (nSPS) is 18.7. The van der Waals surface area contributed by atoms with Crippen LogP contribution in [-0.2, 0) is 12.7 Å². The van der Waals surface area contributed by atoms with E-state index in [1.165, 1.54) is 12.1 Å². The minimum Gasteiger partial charge on any atom is -0.352 e. The van der Waals surface area contributed by atoms with Gasteiger partial charge in [0.05, 0.1) is 16.8 Å². The predicted molar refractivity (Wildman–Crippen MR) is 93.9 cm³/mol. The number of rotatable bonds is 5. The van der Waals surface area contributed by atoms with Crippen molar-refractivity contribution >= 4 is 17.2 Å². The molecule has 2 aromatic rings. The first-order valence-electron chi connectivity index (χ1n) is 8.46. The van der Waals surface area contributed by atoms with Gasteiger partial charge < -0.3 is 5.32 Å². The number of halogens is 3. The van der Waals surface area contributed by atoms with Crippen molar-refractivity contribution in [3.8, 4) is 0 Å². The number of likely N-dealkylation sites (tertiary alicyclic amines) is 1. The number of hydrogen-bond acceptors (Lipinski definition) is 4. The minimum absolute atomic E-state index is 0.0370. The number of aromatic nitrogens is 1. The van der Waals surface area contributed by atoms with E-state index in [1.54, 1.807) is 11.3 Å². The zero-order valence-corrected chi connectivity index (χ0v) is 14.9. The van der Waals surface area contributed by atoms with E-state index >= 15 is 0 Å². The molecule has 1 amide bonds. The molecule has 140 valence electrons. The predicted octanol–water partition coefficient (Wildman–Crippen LogP) is 3.80. The number of thiazole rings is 1. The average molecular weight is 383 g/mol. The first-order chi connectivity index (χ1) is 12.4. The van der Waals surface area contributed by atoms with E-state index in [-0.39, 0.29) is 11.5 Å². The lowest BCUT2D eigenvalue weighted by atomic mass is 9.97. The summed E-state index contributed by atoms with van der Waals surface area (Å²) in [6, 6.07) is 4.52. The fourth-order valence-corrected chi connectivity index (χ4v) is 3.73. The molecule has 1 aliphatic heterocycles. The fraction of sp³-hybridized carbons (Fsp3) is 0.444. The molecule has 0 radical (unpaired) electrons. The van der Waals surface area contributed by atoms with Crippen LogP contribution in [-0.4, -0.2) is 35.4 Å². The van der Waals surface area contributed by atoms with Crippen molar-refractivity contribution in [1.29, 1.82) is 0 Å². The molecule has 1 aliphatic rings. The molecule has 1 aromatic carbocycles. The van der Waals surface area contributed by atoms with Crippen LogP contribution >= 0.6 is 11.3 Å². The van der Waals surface area contributed by atoms with E-state index in [1.807, 2.05) is 10.9 Å². The van der Waals surface area contributed by atoms with Crippen LogP contribution < -0.4 is 5.32 Å². The van der Waals surface area contributed by atoms with Crippen LogP contribution in [0.3, 0.4) is 0 Å². The van der Waals surface area contributed by atoms with Crippen LogP contribution in [0, 0.1) is 5.92 Å². The molecule has 0 spiro atoms. The lowest BCUT2D eigenvalue weighted by Gasteiger charge is -2.32. The van der Waals surface area contributed by atoms with Crippen LogP contribution in [0.25, 0.3) is 0 Å². The van der Waals surface area contributed by atoms with E-state index in [4.69, 9.17) is 0 Å². The number of nitrogens with one attached hydrogen (secondary N) is 1. The summed E-state index contributed by atoms with van der Waals surface area (Å²) in [5.41, 5.74) is 2.09. The summed E-state index contributed by atoms with van der Waals surface area (Å²) in [5.74, 6) is -0.176. The highest BCUT2D eigenvalue weighted by molar-refractivity contribution is 7.07. The Labute approximate surface area is 154 Å². The molecule has 1 fully saturated rings. The van der Waals surface area contributed by atoms with Crippen molar-refractivity contribution in [2.75, 3.05) is 19.6 Å². The highest BCUT2D eigenvalue weighted by atomic mass is 32.1. The average Bonchev–Trinajstić information content (AvgIpc) is 3.12. The topological polar surface area (TPSA) is 45.2 Å². The minimum atomic E-state index is -4.45. The van der Waals surface area contributed by atoms with E-state index in [0.29, 0.717) is 6.54 Å². The molecule has 1 atom stereocenters. The van der Waals surface area contributed by atoms with Crippen molar-refractivity contribution < 1.29 is 18.0 Å². The molecule has 26 heavy (non-hydrogen) atoms. The van der Waals surface area contributed by atoms with Crippen molar-refractivity contribution in [3.63, 3.8) is 0 Å². The number of nitrogens with zero attached hydrogens (tertiary/aromatic N) is 2. The molecule has 0 unspecified atom stereocenters. The van der Waals surface area contributed by atoms with Crippen molar-refractivity contribution in [3.05, 3.63) is 52.0 Å². The van der Waals surface area contributed by atoms with E-state index in [2.05, 4.69) is 15.2 Å². The number of alkyl halides is 3. The maximum Gasteiger partial charge on any atom is 0.416 e. The van der Waals surface area contributed by atoms with Gasteiger partial charge in [-0.1, -0.05) is 6.07 Å². The second-order valence-corrected chi connectivity index (χ2v) is 7.23. The van der Waals surface area contributed by atoms with Crippen molar-refractivity contribution in [1.82, 2.24) is 15.2 Å². The second kappa shape index (κ2) is 8.18. The van der Waals surface area contributed by atoms with Gasteiger partial charge in [0.15, 0.2) is 0 Å². The number of piperidine rings is 1. The van der Waals surface area contributed by atoms with Crippen LogP contribution in [0.1, 0.15) is 34.5 Å². The third-order valence-corrected chi connectivity index (χ3v) is 5.11. The number of amides is 1. The molecular formula is C18H20F3N3OS. The lowest BCUT2D eigenvalue weighted by molar-refractivity contribution is -0.137. The van der Waals surface area contributed by atoms with E-state index in [0.717, 1.165) is 50.3 Å². The van der Waals surface area contributed by atoms with Crippen LogP contribution in [0.5, 0.6) is 0 Å². The number of benzene rings is 1. The van der Waals surface area contributed by atoms with Gasteiger partial charge in [-0.3, -0.25) is 9.69 Å². The van der Waals surface area contributed by atoms with Crippen LogP contribution in [0.2, 0.25) is 0 Å². The Balaban J connectivity index is 1.52. The van der Waals surface area contributed by atoms with Crippen LogP contribution in [0.4, 0.5) is 13.2 Å². The van der Waals surface area contributed by atoms with Gasteiger partial charge in [-0.05, 0) is 43.5 Å². The highest BCUT2D eigenvalue weighted by Crippen LogP contribution is 2.29. The van der Waals surface area contributed by atoms with Gasteiger partial charge >= 0.3 is 6.18 Å². The molecule has 3 rings (SSSR count). The van der Waals surface area contributed by atoms with Gasteiger partial charge in [-0.2, -0.15) is 13.2 Å². The summed E-state index contributed by atoms with van der Waals surface area (Å²) < 4.78 is 38.3. The summed E-state index contributed by atoms with van der Waals surface area (Å²) in [6.45, 7) is 3.10. The smallest absolute Gasteiger partial charge is 0.352 e. The monoisotopic (exact) mass is 383 g/mol.